The molecule has 0 amide bonds. The number of ketones is 1. The SMILES string of the molecule is CCOC(=O)Cn1ccc(C=C2CN(C(C(=O)C3CC3)c3ccccc3F)CCC2S)n1.Cl. The first kappa shape index (κ1) is 25.5. The van der Waals surface area contributed by atoms with E-state index in [1.54, 1.807) is 31.3 Å². The summed E-state index contributed by atoms with van der Waals surface area (Å²) in [5.41, 5.74) is 2.17. The van der Waals surface area contributed by atoms with Crippen LogP contribution in [0.15, 0.2) is 42.1 Å². The highest BCUT2D eigenvalue weighted by Crippen LogP contribution is 2.39. The van der Waals surface area contributed by atoms with Gasteiger partial charge in [-0.1, -0.05) is 18.2 Å². The van der Waals surface area contributed by atoms with Crippen LogP contribution in [0.25, 0.3) is 6.08 Å². The summed E-state index contributed by atoms with van der Waals surface area (Å²) in [5, 5.41) is 4.46. The first-order valence-electron chi connectivity index (χ1n) is 11.1. The fourth-order valence-electron chi connectivity index (χ4n) is 4.14. The van der Waals surface area contributed by atoms with E-state index in [-0.39, 0.29) is 47.7 Å². The van der Waals surface area contributed by atoms with Crippen molar-refractivity contribution in [3.05, 3.63) is 59.2 Å². The molecule has 1 saturated heterocycles. The molecular weight excluding hydrogens is 465 g/mol. The highest BCUT2D eigenvalue weighted by molar-refractivity contribution is 7.81. The van der Waals surface area contributed by atoms with Gasteiger partial charge in [-0.25, -0.2) is 4.39 Å². The van der Waals surface area contributed by atoms with Crippen molar-refractivity contribution in [2.24, 2.45) is 5.92 Å². The lowest BCUT2D eigenvalue weighted by atomic mass is 9.93. The van der Waals surface area contributed by atoms with Crippen LogP contribution in [0.3, 0.4) is 0 Å². The van der Waals surface area contributed by atoms with Crippen LogP contribution >= 0.6 is 25.0 Å². The van der Waals surface area contributed by atoms with Crippen LogP contribution in [0.4, 0.5) is 4.39 Å². The molecule has 178 valence electrons. The van der Waals surface area contributed by atoms with Gasteiger partial charge in [0, 0.05) is 36.0 Å². The number of halogens is 2. The molecule has 2 fully saturated rings. The van der Waals surface area contributed by atoms with Crippen molar-refractivity contribution in [3.8, 4) is 0 Å². The predicted molar refractivity (Wildman–Crippen MR) is 130 cm³/mol. The van der Waals surface area contributed by atoms with Crippen molar-refractivity contribution in [2.45, 2.75) is 44.0 Å². The first-order chi connectivity index (χ1) is 15.5. The molecule has 2 unspecified atom stereocenters. The van der Waals surface area contributed by atoms with Gasteiger partial charge in [0.25, 0.3) is 0 Å². The van der Waals surface area contributed by atoms with Crippen molar-refractivity contribution in [1.29, 1.82) is 0 Å². The maximum Gasteiger partial charge on any atom is 0.327 e. The average Bonchev–Trinajstić information content (AvgIpc) is 3.53. The van der Waals surface area contributed by atoms with E-state index in [1.165, 1.54) is 10.7 Å². The number of likely N-dealkylation sites (tertiary alicyclic amines) is 1. The molecule has 2 atom stereocenters. The number of esters is 1. The molecule has 1 aliphatic heterocycles. The van der Waals surface area contributed by atoms with Crippen molar-refractivity contribution >= 4 is 42.9 Å². The molecule has 1 aromatic carbocycles. The van der Waals surface area contributed by atoms with Crippen molar-refractivity contribution in [3.63, 3.8) is 0 Å². The van der Waals surface area contributed by atoms with E-state index in [2.05, 4.69) is 10.00 Å². The zero-order valence-electron chi connectivity index (χ0n) is 18.5. The molecule has 1 saturated carbocycles. The Balaban J connectivity index is 0.00000306. The van der Waals surface area contributed by atoms with E-state index < -0.39 is 6.04 Å². The number of rotatable bonds is 8. The second-order valence-electron chi connectivity index (χ2n) is 8.34. The Morgan fingerprint density at radius 3 is 2.73 bits per heavy atom. The van der Waals surface area contributed by atoms with E-state index >= 15 is 0 Å². The van der Waals surface area contributed by atoms with Gasteiger partial charge in [-0.3, -0.25) is 19.2 Å². The molecule has 2 aliphatic rings. The monoisotopic (exact) mass is 493 g/mol. The second-order valence-corrected chi connectivity index (χ2v) is 8.96. The van der Waals surface area contributed by atoms with Crippen LogP contribution in [0.2, 0.25) is 0 Å². The molecule has 6 nitrogen and oxygen atoms in total. The number of hydrogen-bond acceptors (Lipinski definition) is 6. The Kier molecular flexibility index (Phi) is 8.73. The maximum absolute atomic E-state index is 14.7. The fourth-order valence-corrected chi connectivity index (χ4v) is 4.42. The fraction of sp³-hybridized carbons (Fsp3) is 0.458. The average molecular weight is 494 g/mol. The van der Waals surface area contributed by atoms with E-state index in [9.17, 15) is 14.0 Å². The summed E-state index contributed by atoms with van der Waals surface area (Å²) in [6, 6.07) is 7.80. The zero-order chi connectivity index (χ0) is 22.7. The largest absolute Gasteiger partial charge is 0.465 e. The molecule has 0 spiro atoms. The van der Waals surface area contributed by atoms with E-state index in [0.717, 1.165) is 24.8 Å². The summed E-state index contributed by atoms with van der Waals surface area (Å²) < 4.78 is 21.2. The number of ether oxygens (including phenoxy) is 1. The van der Waals surface area contributed by atoms with Gasteiger partial charge >= 0.3 is 5.97 Å². The third-order valence-corrected chi connectivity index (χ3v) is 6.50. The Morgan fingerprint density at radius 1 is 1.27 bits per heavy atom. The molecule has 1 aliphatic carbocycles. The highest BCUT2D eigenvalue weighted by Gasteiger charge is 2.40. The smallest absolute Gasteiger partial charge is 0.327 e. The van der Waals surface area contributed by atoms with Crippen LogP contribution in [0.5, 0.6) is 0 Å². The second kappa shape index (κ2) is 11.3. The Morgan fingerprint density at radius 2 is 2.03 bits per heavy atom. The third kappa shape index (κ3) is 6.25. The van der Waals surface area contributed by atoms with Gasteiger partial charge in [0.05, 0.1) is 18.3 Å². The van der Waals surface area contributed by atoms with Crippen molar-refractivity contribution < 1.29 is 18.7 Å². The third-order valence-electron chi connectivity index (χ3n) is 5.91. The lowest BCUT2D eigenvalue weighted by molar-refractivity contribution is -0.144. The highest BCUT2D eigenvalue weighted by atomic mass is 35.5. The van der Waals surface area contributed by atoms with E-state index in [4.69, 9.17) is 17.4 Å². The molecule has 33 heavy (non-hydrogen) atoms. The predicted octanol–water partition coefficient (Wildman–Crippen LogP) is 4.12. The first-order valence-corrected chi connectivity index (χ1v) is 11.6. The molecule has 1 aromatic heterocycles. The molecule has 0 radical (unpaired) electrons. The normalized spacial score (nSPS) is 20.8. The zero-order valence-corrected chi connectivity index (χ0v) is 20.2. The van der Waals surface area contributed by atoms with Crippen LogP contribution in [-0.4, -0.2) is 51.4 Å². The van der Waals surface area contributed by atoms with Crippen LogP contribution in [-0.2, 0) is 20.9 Å². The summed E-state index contributed by atoms with van der Waals surface area (Å²) in [4.78, 5) is 26.9. The van der Waals surface area contributed by atoms with Gasteiger partial charge in [0.1, 0.15) is 12.4 Å². The summed E-state index contributed by atoms with van der Waals surface area (Å²) in [6.45, 7) is 3.33. The van der Waals surface area contributed by atoms with Crippen LogP contribution in [0, 0.1) is 11.7 Å². The molecule has 9 heteroatoms. The number of Topliss-reactive ketones (excluding diaryl/α,β-unsaturated/α-hetero) is 1. The van der Waals surface area contributed by atoms with Gasteiger partial charge in [0.2, 0.25) is 0 Å². The minimum absolute atomic E-state index is 0. The lowest BCUT2D eigenvalue weighted by Gasteiger charge is -2.37. The van der Waals surface area contributed by atoms with Gasteiger partial charge in [-0.05, 0) is 50.0 Å². The van der Waals surface area contributed by atoms with E-state index in [1.807, 2.05) is 12.1 Å². The number of aromatic nitrogens is 2. The van der Waals surface area contributed by atoms with Gasteiger partial charge in [-0.15, -0.1) is 12.4 Å². The molecule has 2 aromatic rings. The summed E-state index contributed by atoms with van der Waals surface area (Å²) in [5.74, 6) is -0.551. The van der Waals surface area contributed by atoms with Crippen LogP contribution < -0.4 is 0 Å². The van der Waals surface area contributed by atoms with Gasteiger partial charge in [0.15, 0.2) is 5.78 Å². The van der Waals surface area contributed by atoms with Gasteiger partial charge in [-0.2, -0.15) is 17.7 Å². The molecule has 4 rings (SSSR count). The Hall–Kier alpha value is -2.16. The van der Waals surface area contributed by atoms with Crippen molar-refractivity contribution in [1.82, 2.24) is 14.7 Å². The summed E-state index contributed by atoms with van der Waals surface area (Å²) in [6.07, 6.45) is 6.20. The molecule has 2 heterocycles. The lowest BCUT2D eigenvalue weighted by Crippen LogP contribution is -2.42. The summed E-state index contributed by atoms with van der Waals surface area (Å²) >= 11 is 4.74. The molecule has 0 bridgehead atoms. The van der Waals surface area contributed by atoms with Crippen LogP contribution in [0.1, 0.15) is 43.5 Å². The minimum atomic E-state index is -0.589. The number of carbonyl (C=O) groups excluding carboxylic acids is 2. The minimum Gasteiger partial charge on any atom is -0.465 e. The Labute approximate surface area is 205 Å². The number of carbonyl (C=O) groups is 2. The standard InChI is InChI=1S/C24H28FN3O3S.ClH/c1-2-31-22(29)15-28-12-9-18(26-28)13-17-14-27(11-10-21(17)32)23(24(30)16-7-8-16)19-5-3-4-6-20(19)25;/h3-6,9,12-13,16,21,23,32H,2,7-8,10-11,14-15H2,1H3;1H. The molecular formula is C24H29ClFN3O3S. The topological polar surface area (TPSA) is 64.4 Å². The van der Waals surface area contributed by atoms with Gasteiger partial charge < -0.3 is 4.74 Å². The quantitative estimate of drug-likeness (QED) is 0.443. The maximum atomic E-state index is 14.7. The Bertz CT molecular complexity index is 1020. The summed E-state index contributed by atoms with van der Waals surface area (Å²) in [7, 11) is 0. The number of benzene rings is 1. The number of thiol groups is 1. The number of piperidine rings is 1. The number of hydrogen-bond donors (Lipinski definition) is 1. The molecule has 0 N–H and O–H groups in total. The number of nitrogens with zero attached hydrogens (tertiary/aromatic N) is 3. The van der Waals surface area contributed by atoms with E-state index in [0.29, 0.717) is 31.0 Å². The van der Waals surface area contributed by atoms with Crippen molar-refractivity contribution in [2.75, 3.05) is 19.7 Å².